The number of nitrogens with one attached hydrogen (secondary N) is 2. The summed E-state index contributed by atoms with van der Waals surface area (Å²) in [6.45, 7) is 4.58. The van der Waals surface area contributed by atoms with E-state index in [1.807, 2.05) is 31.2 Å². The van der Waals surface area contributed by atoms with Crippen LogP contribution in [0.2, 0.25) is 0 Å². The lowest BCUT2D eigenvalue weighted by atomic mass is 10.3. The summed E-state index contributed by atoms with van der Waals surface area (Å²) in [6, 6.07) is 8.01. The molecule has 1 aromatic heterocycles. The molecule has 1 saturated heterocycles. The molecule has 1 aliphatic heterocycles. The number of aryl methyl sites for hydroxylation is 1. The van der Waals surface area contributed by atoms with Crippen LogP contribution in [0.1, 0.15) is 19.7 Å². The van der Waals surface area contributed by atoms with Gasteiger partial charge in [-0.05, 0) is 50.4 Å². The summed E-state index contributed by atoms with van der Waals surface area (Å²) >= 11 is 0. The monoisotopic (exact) mass is 231 g/mol. The Hall–Kier alpha value is -1.35. The van der Waals surface area contributed by atoms with E-state index in [1.165, 1.54) is 19.5 Å². The maximum absolute atomic E-state index is 4.26. The first-order valence-corrected chi connectivity index (χ1v) is 5.95. The van der Waals surface area contributed by atoms with Gasteiger partial charge in [0.15, 0.2) is 0 Å². The number of hydrogen-bond donors (Lipinski definition) is 2. The van der Waals surface area contributed by atoms with Crippen LogP contribution in [-0.4, -0.2) is 23.1 Å². The fourth-order valence-corrected chi connectivity index (χ4v) is 2.34. The average molecular weight is 231 g/mol. The number of aromatic nitrogens is 2. The molecular formula is C14H21N3. The predicted octanol–water partition coefficient (Wildman–Crippen LogP) is 2.73. The summed E-state index contributed by atoms with van der Waals surface area (Å²) in [6.07, 6.45) is 1.52. The molecule has 2 atom stereocenters. The van der Waals surface area contributed by atoms with Gasteiger partial charge >= 0.3 is 0 Å². The van der Waals surface area contributed by atoms with Crippen molar-refractivity contribution in [2.75, 3.05) is 13.1 Å². The van der Waals surface area contributed by atoms with E-state index in [-0.39, 0.29) is 7.43 Å². The summed E-state index contributed by atoms with van der Waals surface area (Å²) in [5.74, 6) is 3.18. The average Bonchev–Trinajstić information content (AvgIpc) is 2.74. The van der Waals surface area contributed by atoms with E-state index in [0.29, 0.717) is 0 Å². The minimum Gasteiger partial charge on any atom is -0.342 e. The van der Waals surface area contributed by atoms with Crippen molar-refractivity contribution in [3.63, 3.8) is 0 Å². The van der Waals surface area contributed by atoms with Gasteiger partial charge in [0, 0.05) is 0 Å². The van der Waals surface area contributed by atoms with Gasteiger partial charge in [0.25, 0.3) is 0 Å². The highest BCUT2D eigenvalue weighted by molar-refractivity contribution is 5.74. The van der Waals surface area contributed by atoms with Gasteiger partial charge in [0.2, 0.25) is 0 Å². The van der Waals surface area contributed by atoms with E-state index in [9.17, 15) is 0 Å². The van der Waals surface area contributed by atoms with Crippen molar-refractivity contribution in [3.8, 4) is 0 Å². The molecule has 2 heterocycles. The minimum absolute atomic E-state index is 0. The molecule has 0 bridgehead atoms. The highest BCUT2D eigenvalue weighted by Gasteiger charge is 2.40. The third kappa shape index (κ3) is 2.67. The Bertz CT molecular complexity index is 448. The molecule has 1 saturated carbocycles. The third-order valence-corrected chi connectivity index (χ3v) is 3.39. The number of aromatic amines is 1. The Morgan fingerprint density at radius 3 is 2.41 bits per heavy atom. The van der Waals surface area contributed by atoms with E-state index < -0.39 is 0 Å². The van der Waals surface area contributed by atoms with E-state index in [4.69, 9.17) is 0 Å². The van der Waals surface area contributed by atoms with Gasteiger partial charge in [-0.1, -0.05) is 19.6 Å². The van der Waals surface area contributed by atoms with Crippen molar-refractivity contribution >= 4 is 11.0 Å². The molecule has 2 N–H and O–H groups in total. The van der Waals surface area contributed by atoms with Crippen LogP contribution in [0.25, 0.3) is 11.0 Å². The standard InChI is InChI=1S/C8H8N2.C5H9N.CH4/c1-6-9-7-4-2-3-5-8(7)10-6;1-4-2-6-3-5(1)4;/h2-5H,1H3,(H,9,10);4-6H,1-3H2;1H4. The molecule has 2 aromatic rings. The molecule has 2 fully saturated rings. The van der Waals surface area contributed by atoms with Gasteiger partial charge in [-0.2, -0.15) is 0 Å². The van der Waals surface area contributed by atoms with Gasteiger partial charge in [0.05, 0.1) is 11.0 Å². The van der Waals surface area contributed by atoms with Crippen molar-refractivity contribution in [2.24, 2.45) is 11.8 Å². The molecule has 0 radical (unpaired) electrons. The van der Waals surface area contributed by atoms with Crippen LogP contribution in [0.5, 0.6) is 0 Å². The number of fused-ring (bicyclic) bond motifs is 2. The number of hydrogen-bond acceptors (Lipinski definition) is 2. The molecule has 92 valence electrons. The Balaban J connectivity index is 0.000000132. The van der Waals surface area contributed by atoms with Crippen LogP contribution < -0.4 is 5.32 Å². The molecular weight excluding hydrogens is 210 g/mol. The van der Waals surface area contributed by atoms with Crippen molar-refractivity contribution in [2.45, 2.75) is 20.8 Å². The number of benzene rings is 1. The van der Waals surface area contributed by atoms with Gasteiger partial charge in [-0.25, -0.2) is 4.98 Å². The molecule has 1 aromatic carbocycles. The summed E-state index contributed by atoms with van der Waals surface area (Å²) < 4.78 is 0. The number of rotatable bonds is 0. The number of nitrogens with zero attached hydrogens (tertiary/aromatic N) is 1. The summed E-state index contributed by atoms with van der Waals surface area (Å²) in [4.78, 5) is 7.40. The zero-order valence-corrected chi connectivity index (χ0v) is 9.53. The first kappa shape index (κ1) is 12.1. The number of H-pyrrole nitrogens is 1. The molecule has 4 rings (SSSR count). The van der Waals surface area contributed by atoms with Gasteiger partial charge in [-0.15, -0.1) is 0 Å². The predicted molar refractivity (Wildman–Crippen MR) is 72.0 cm³/mol. The highest BCUT2D eigenvalue weighted by atomic mass is 14.9. The molecule has 17 heavy (non-hydrogen) atoms. The minimum atomic E-state index is 0. The molecule has 3 nitrogen and oxygen atoms in total. The van der Waals surface area contributed by atoms with E-state index >= 15 is 0 Å². The topological polar surface area (TPSA) is 40.7 Å². The summed E-state index contributed by atoms with van der Waals surface area (Å²) in [5, 5.41) is 3.32. The molecule has 0 amide bonds. The van der Waals surface area contributed by atoms with Crippen LogP contribution in [0.15, 0.2) is 24.3 Å². The van der Waals surface area contributed by atoms with Crippen molar-refractivity contribution in [3.05, 3.63) is 30.1 Å². The largest absolute Gasteiger partial charge is 0.342 e. The quantitative estimate of drug-likeness (QED) is 0.732. The summed E-state index contributed by atoms with van der Waals surface area (Å²) in [5.41, 5.74) is 2.15. The van der Waals surface area contributed by atoms with Crippen molar-refractivity contribution in [1.82, 2.24) is 15.3 Å². The Morgan fingerprint density at radius 1 is 1.18 bits per heavy atom. The lowest BCUT2D eigenvalue weighted by molar-refractivity contribution is 0.732. The van der Waals surface area contributed by atoms with Crippen molar-refractivity contribution < 1.29 is 0 Å². The second-order valence-electron chi connectivity index (χ2n) is 4.75. The SMILES string of the molecule is C.C1NCC2CC12.Cc1nc2ccccc2[nH]1. The van der Waals surface area contributed by atoms with Crippen LogP contribution in [0, 0.1) is 18.8 Å². The third-order valence-electron chi connectivity index (χ3n) is 3.39. The second-order valence-corrected chi connectivity index (χ2v) is 4.75. The van der Waals surface area contributed by atoms with Gasteiger partial charge < -0.3 is 10.3 Å². The fourth-order valence-electron chi connectivity index (χ4n) is 2.34. The lowest BCUT2D eigenvalue weighted by Gasteiger charge is -1.87. The number of piperidine rings is 1. The lowest BCUT2D eigenvalue weighted by Crippen LogP contribution is -2.10. The second kappa shape index (κ2) is 4.88. The zero-order valence-electron chi connectivity index (χ0n) is 9.53. The zero-order chi connectivity index (χ0) is 11.0. The van der Waals surface area contributed by atoms with Crippen molar-refractivity contribution in [1.29, 1.82) is 0 Å². The fraction of sp³-hybridized carbons (Fsp3) is 0.500. The Kier molecular flexibility index (Phi) is 3.48. The first-order valence-electron chi connectivity index (χ1n) is 5.95. The van der Waals surface area contributed by atoms with Crippen LogP contribution >= 0.6 is 0 Å². The van der Waals surface area contributed by atoms with Crippen LogP contribution in [-0.2, 0) is 0 Å². The van der Waals surface area contributed by atoms with Crippen LogP contribution in [0.4, 0.5) is 0 Å². The Labute approximate surface area is 103 Å². The van der Waals surface area contributed by atoms with E-state index in [0.717, 1.165) is 28.7 Å². The van der Waals surface area contributed by atoms with E-state index in [1.54, 1.807) is 0 Å². The normalized spacial score (nSPS) is 24.5. The molecule has 1 aliphatic carbocycles. The van der Waals surface area contributed by atoms with Gasteiger partial charge in [-0.3, -0.25) is 0 Å². The number of para-hydroxylation sites is 2. The molecule has 0 spiro atoms. The first-order chi connectivity index (χ1) is 7.83. The van der Waals surface area contributed by atoms with Crippen LogP contribution in [0.3, 0.4) is 0 Å². The van der Waals surface area contributed by atoms with E-state index in [2.05, 4.69) is 15.3 Å². The van der Waals surface area contributed by atoms with Gasteiger partial charge in [0.1, 0.15) is 5.82 Å². The maximum atomic E-state index is 4.26. The molecule has 3 heteroatoms. The summed E-state index contributed by atoms with van der Waals surface area (Å²) in [7, 11) is 0. The smallest absolute Gasteiger partial charge is 0.104 e. The molecule has 2 aliphatic rings. The maximum Gasteiger partial charge on any atom is 0.104 e. The highest BCUT2D eigenvalue weighted by Crippen LogP contribution is 2.40. The molecule has 2 unspecified atom stereocenters. The Morgan fingerprint density at radius 2 is 1.88 bits per heavy atom. The number of imidazole rings is 1.